The quantitative estimate of drug-likeness (QED) is 0.873. The van der Waals surface area contributed by atoms with Crippen LogP contribution in [0.1, 0.15) is 12.8 Å². The molecule has 2 aromatic rings. The van der Waals surface area contributed by atoms with E-state index in [2.05, 4.69) is 10.2 Å². The lowest BCUT2D eigenvalue weighted by Gasteiger charge is -2.06. The maximum atomic E-state index is 5.74. The van der Waals surface area contributed by atoms with Crippen LogP contribution in [0.4, 0.5) is 5.82 Å². The highest BCUT2D eigenvalue weighted by molar-refractivity contribution is 5.61. The molecule has 86 valence electrons. The van der Waals surface area contributed by atoms with Crippen LogP contribution >= 0.6 is 0 Å². The Hall–Kier alpha value is -2.10. The van der Waals surface area contributed by atoms with Crippen molar-refractivity contribution in [3.63, 3.8) is 0 Å². The Kier molecular flexibility index (Phi) is 2.40. The molecule has 0 radical (unpaired) electrons. The molecule has 0 aliphatic heterocycles. The van der Waals surface area contributed by atoms with Gasteiger partial charge < -0.3 is 10.5 Å². The molecule has 17 heavy (non-hydrogen) atoms. The minimum atomic E-state index is 0.405. The lowest BCUT2D eigenvalue weighted by Crippen LogP contribution is -1.97. The summed E-state index contributed by atoms with van der Waals surface area (Å²) in [6.45, 7) is 0. The van der Waals surface area contributed by atoms with Gasteiger partial charge in [-0.1, -0.05) is 12.1 Å². The zero-order valence-electron chi connectivity index (χ0n) is 9.34. The average Bonchev–Trinajstić information content (AvgIpc) is 3.14. The molecule has 4 heteroatoms. The second-order valence-corrected chi connectivity index (χ2v) is 4.19. The van der Waals surface area contributed by atoms with Gasteiger partial charge in [-0.3, -0.25) is 0 Å². The Labute approximate surface area is 99.4 Å². The summed E-state index contributed by atoms with van der Waals surface area (Å²) in [7, 11) is 0. The van der Waals surface area contributed by atoms with Crippen molar-refractivity contribution < 1.29 is 4.74 Å². The molecule has 1 aromatic heterocycles. The van der Waals surface area contributed by atoms with E-state index in [0.29, 0.717) is 11.9 Å². The third-order valence-electron chi connectivity index (χ3n) is 2.64. The first-order valence-corrected chi connectivity index (χ1v) is 5.67. The largest absolute Gasteiger partial charge is 0.490 e. The fraction of sp³-hybridized carbons (Fsp3) is 0.231. The third-order valence-corrected chi connectivity index (χ3v) is 2.64. The lowest BCUT2D eigenvalue weighted by molar-refractivity contribution is 0.303. The number of hydrogen-bond acceptors (Lipinski definition) is 4. The minimum Gasteiger partial charge on any atom is -0.490 e. The summed E-state index contributed by atoms with van der Waals surface area (Å²) in [6, 6.07) is 11.5. The van der Waals surface area contributed by atoms with Crippen LogP contribution < -0.4 is 10.5 Å². The average molecular weight is 227 g/mol. The van der Waals surface area contributed by atoms with E-state index in [1.165, 1.54) is 0 Å². The molecule has 1 heterocycles. The van der Waals surface area contributed by atoms with Crippen LogP contribution in [0, 0.1) is 0 Å². The van der Waals surface area contributed by atoms with Gasteiger partial charge in [0.25, 0.3) is 0 Å². The Morgan fingerprint density at radius 1 is 1.12 bits per heavy atom. The minimum absolute atomic E-state index is 0.405. The zero-order valence-corrected chi connectivity index (χ0v) is 9.34. The SMILES string of the molecule is Nc1ccc(-c2cccc(OC3CC3)c2)nn1. The van der Waals surface area contributed by atoms with Crippen molar-refractivity contribution in [3.05, 3.63) is 36.4 Å². The number of anilines is 1. The van der Waals surface area contributed by atoms with E-state index in [1.807, 2.05) is 30.3 Å². The van der Waals surface area contributed by atoms with Gasteiger partial charge in [0, 0.05) is 5.56 Å². The van der Waals surface area contributed by atoms with Crippen molar-refractivity contribution >= 4 is 5.82 Å². The monoisotopic (exact) mass is 227 g/mol. The number of hydrogen-bond donors (Lipinski definition) is 1. The molecule has 1 aromatic carbocycles. The zero-order chi connectivity index (χ0) is 11.7. The predicted molar refractivity (Wildman–Crippen MR) is 65.5 cm³/mol. The highest BCUT2D eigenvalue weighted by Gasteiger charge is 2.23. The van der Waals surface area contributed by atoms with Crippen LogP contribution in [0.15, 0.2) is 36.4 Å². The van der Waals surface area contributed by atoms with Gasteiger partial charge in [-0.25, -0.2) is 0 Å². The third kappa shape index (κ3) is 2.36. The standard InChI is InChI=1S/C13H13N3O/c14-13-7-6-12(15-16-13)9-2-1-3-11(8-9)17-10-4-5-10/h1-3,6-8,10H,4-5H2,(H2,14,16). The van der Waals surface area contributed by atoms with E-state index >= 15 is 0 Å². The van der Waals surface area contributed by atoms with Gasteiger partial charge in [0.05, 0.1) is 11.8 Å². The lowest BCUT2D eigenvalue weighted by atomic mass is 10.1. The smallest absolute Gasteiger partial charge is 0.146 e. The molecule has 1 saturated carbocycles. The summed E-state index contributed by atoms with van der Waals surface area (Å²) in [4.78, 5) is 0. The number of aromatic nitrogens is 2. The van der Waals surface area contributed by atoms with E-state index in [1.54, 1.807) is 6.07 Å². The van der Waals surface area contributed by atoms with Crippen molar-refractivity contribution in [1.82, 2.24) is 10.2 Å². The van der Waals surface area contributed by atoms with Gasteiger partial charge in [-0.05, 0) is 37.1 Å². The van der Waals surface area contributed by atoms with Crippen molar-refractivity contribution in [2.45, 2.75) is 18.9 Å². The predicted octanol–water partition coefficient (Wildman–Crippen LogP) is 2.27. The number of nitrogens with two attached hydrogens (primary N) is 1. The van der Waals surface area contributed by atoms with Gasteiger partial charge in [0.1, 0.15) is 11.6 Å². The van der Waals surface area contributed by atoms with Crippen LogP contribution in [0.5, 0.6) is 5.75 Å². The molecule has 0 amide bonds. The first-order valence-electron chi connectivity index (χ1n) is 5.67. The highest BCUT2D eigenvalue weighted by atomic mass is 16.5. The molecule has 1 aliphatic carbocycles. The highest BCUT2D eigenvalue weighted by Crippen LogP contribution is 2.29. The Balaban J connectivity index is 1.88. The van der Waals surface area contributed by atoms with Crippen LogP contribution in [-0.4, -0.2) is 16.3 Å². The van der Waals surface area contributed by atoms with Crippen LogP contribution in [0.25, 0.3) is 11.3 Å². The maximum Gasteiger partial charge on any atom is 0.146 e. The summed E-state index contributed by atoms with van der Waals surface area (Å²) in [5.74, 6) is 1.32. The van der Waals surface area contributed by atoms with E-state index in [-0.39, 0.29) is 0 Å². The van der Waals surface area contributed by atoms with Crippen LogP contribution in [0.3, 0.4) is 0 Å². The molecule has 0 unspecified atom stereocenters. The van der Waals surface area contributed by atoms with Gasteiger partial charge in [0.15, 0.2) is 0 Å². The van der Waals surface area contributed by atoms with Crippen LogP contribution in [0.2, 0.25) is 0 Å². The van der Waals surface area contributed by atoms with Gasteiger partial charge in [0.2, 0.25) is 0 Å². The van der Waals surface area contributed by atoms with E-state index in [9.17, 15) is 0 Å². The fourth-order valence-corrected chi connectivity index (χ4v) is 1.60. The molecule has 1 fully saturated rings. The Morgan fingerprint density at radius 2 is 2.00 bits per heavy atom. The molecule has 0 bridgehead atoms. The first kappa shape index (κ1) is 10.1. The number of rotatable bonds is 3. The van der Waals surface area contributed by atoms with Gasteiger partial charge in [-0.15, -0.1) is 10.2 Å². The summed E-state index contributed by atoms with van der Waals surface area (Å²) in [5.41, 5.74) is 7.31. The molecule has 1 aliphatic rings. The normalized spacial score (nSPS) is 14.6. The van der Waals surface area contributed by atoms with E-state index < -0.39 is 0 Å². The first-order chi connectivity index (χ1) is 8.31. The number of benzene rings is 1. The van der Waals surface area contributed by atoms with Crippen molar-refractivity contribution in [2.75, 3.05) is 5.73 Å². The second-order valence-electron chi connectivity index (χ2n) is 4.19. The summed E-state index contributed by atoms with van der Waals surface area (Å²) < 4.78 is 5.74. The molecular weight excluding hydrogens is 214 g/mol. The molecule has 0 spiro atoms. The number of nitrogens with zero attached hydrogens (tertiary/aromatic N) is 2. The van der Waals surface area contributed by atoms with Gasteiger partial charge in [-0.2, -0.15) is 0 Å². The van der Waals surface area contributed by atoms with Crippen molar-refractivity contribution in [1.29, 1.82) is 0 Å². The number of ether oxygens (including phenoxy) is 1. The van der Waals surface area contributed by atoms with Crippen LogP contribution in [-0.2, 0) is 0 Å². The summed E-state index contributed by atoms with van der Waals surface area (Å²) >= 11 is 0. The summed E-state index contributed by atoms with van der Waals surface area (Å²) in [5, 5.41) is 7.90. The van der Waals surface area contributed by atoms with Crippen molar-refractivity contribution in [2.24, 2.45) is 0 Å². The Bertz CT molecular complexity index is 520. The van der Waals surface area contributed by atoms with E-state index in [0.717, 1.165) is 29.8 Å². The molecule has 0 saturated heterocycles. The molecule has 2 N–H and O–H groups in total. The molecule has 0 atom stereocenters. The Morgan fingerprint density at radius 3 is 2.71 bits per heavy atom. The second kappa shape index (κ2) is 4.05. The molecular formula is C13H13N3O. The van der Waals surface area contributed by atoms with Gasteiger partial charge >= 0.3 is 0 Å². The fourth-order valence-electron chi connectivity index (χ4n) is 1.60. The molecule has 3 rings (SSSR count). The number of nitrogen functional groups attached to an aromatic ring is 1. The maximum absolute atomic E-state index is 5.74. The van der Waals surface area contributed by atoms with Crippen molar-refractivity contribution in [3.8, 4) is 17.0 Å². The topological polar surface area (TPSA) is 61.0 Å². The summed E-state index contributed by atoms with van der Waals surface area (Å²) in [6.07, 6.45) is 2.72. The van der Waals surface area contributed by atoms with E-state index in [4.69, 9.17) is 10.5 Å². The molecule has 4 nitrogen and oxygen atoms in total.